The van der Waals surface area contributed by atoms with Gasteiger partial charge in [0.1, 0.15) is 0 Å². The van der Waals surface area contributed by atoms with Gasteiger partial charge in [0.15, 0.2) is 6.29 Å². The van der Waals surface area contributed by atoms with E-state index in [-0.39, 0.29) is 0 Å². The second-order valence-corrected chi connectivity index (χ2v) is 6.74. The fourth-order valence-electron chi connectivity index (χ4n) is 2.81. The van der Waals surface area contributed by atoms with E-state index in [1.165, 1.54) is 25.7 Å². The van der Waals surface area contributed by atoms with Crippen LogP contribution in [0.1, 0.15) is 49.9 Å². The average molecular weight is 280 g/mol. The molecule has 1 fully saturated rings. The van der Waals surface area contributed by atoms with Crippen LogP contribution in [0, 0.1) is 5.41 Å². The van der Waals surface area contributed by atoms with Crippen molar-refractivity contribution in [3.8, 4) is 0 Å². The first-order chi connectivity index (χ1) is 8.93. The van der Waals surface area contributed by atoms with Crippen LogP contribution in [-0.2, 0) is 0 Å². The number of benzene rings is 1. The Bertz CT molecular complexity index is 460. The smallest absolute Gasteiger partial charge is 0.151 e. The zero-order chi connectivity index (χ0) is 14.0. The number of carbonyl (C=O) groups is 1. The Morgan fingerprint density at radius 2 is 1.95 bits per heavy atom. The van der Waals surface area contributed by atoms with E-state index in [1.54, 1.807) is 6.07 Å². The molecule has 1 aliphatic carbocycles. The molecule has 1 aliphatic rings. The van der Waals surface area contributed by atoms with Crippen LogP contribution in [0.4, 0.5) is 5.69 Å². The number of hydrogen-bond acceptors (Lipinski definition) is 2. The molecule has 1 saturated carbocycles. The van der Waals surface area contributed by atoms with Gasteiger partial charge in [-0.25, -0.2) is 0 Å². The topological polar surface area (TPSA) is 20.3 Å². The molecule has 2 nitrogen and oxygen atoms in total. The van der Waals surface area contributed by atoms with Crippen LogP contribution in [0.5, 0.6) is 0 Å². The Hall–Kier alpha value is -1.02. The van der Waals surface area contributed by atoms with Gasteiger partial charge in [-0.05, 0) is 49.3 Å². The van der Waals surface area contributed by atoms with Gasteiger partial charge in [-0.2, -0.15) is 0 Å². The fraction of sp³-hybridized carbons (Fsp3) is 0.562. The normalized spacial score (nSPS) is 19.2. The number of aldehydes is 1. The van der Waals surface area contributed by atoms with Gasteiger partial charge in [0, 0.05) is 24.3 Å². The molecule has 0 aliphatic heterocycles. The summed E-state index contributed by atoms with van der Waals surface area (Å²) >= 11 is 6.10. The van der Waals surface area contributed by atoms with Crippen LogP contribution in [0.15, 0.2) is 18.2 Å². The van der Waals surface area contributed by atoms with Crippen LogP contribution in [0.25, 0.3) is 0 Å². The lowest BCUT2D eigenvalue weighted by Gasteiger charge is -2.39. The molecule has 1 aromatic carbocycles. The van der Waals surface area contributed by atoms with E-state index in [2.05, 4.69) is 25.8 Å². The van der Waals surface area contributed by atoms with E-state index in [0.29, 0.717) is 22.0 Å². The zero-order valence-corrected chi connectivity index (χ0v) is 12.7. The second kappa shape index (κ2) is 5.54. The highest BCUT2D eigenvalue weighted by Gasteiger charge is 2.29. The maximum atomic E-state index is 10.8. The van der Waals surface area contributed by atoms with E-state index >= 15 is 0 Å². The Morgan fingerprint density at radius 3 is 2.47 bits per heavy atom. The van der Waals surface area contributed by atoms with Crippen molar-refractivity contribution in [3.63, 3.8) is 0 Å². The third-order valence-corrected chi connectivity index (χ3v) is 4.70. The second-order valence-electron chi connectivity index (χ2n) is 6.33. The predicted octanol–water partition coefficient (Wildman–Crippen LogP) is 4.56. The highest BCUT2D eigenvalue weighted by molar-refractivity contribution is 6.33. The Labute approximate surface area is 120 Å². The largest absolute Gasteiger partial charge is 0.372 e. The van der Waals surface area contributed by atoms with E-state index < -0.39 is 0 Å². The molecule has 1 aromatic rings. The van der Waals surface area contributed by atoms with E-state index in [4.69, 9.17) is 11.6 Å². The van der Waals surface area contributed by atoms with Crippen molar-refractivity contribution in [2.24, 2.45) is 5.41 Å². The fourth-order valence-corrected chi connectivity index (χ4v) is 3.03. The van der Waals surface area contributed by atoms with Crippen molar-refractivity contribution in [1.82, 2.24) is 0 Å². The molecule has 0 N–H and O–H groups in total. The molecular formula is C16H22ClNO. The van der Waals surface area contributed by atoms with Crippen molar-refractivity contribution >= 4 is 23.6 Å². The predicted molar refractivity (Wildman–Crippen MR) is 81.3 cm³/mol. The lowest BCUT2D eigenvalue weighted by atomic mass is 9.75. The first kappa shape index (κ1) is 14.4. The maximum Gasteiger partial charge on any atom is 0.151 e. The molecule has 0 unspecified atom stereocenters. The van der Waals surface area contributed by atoms with Crippen LogP contribution < -0.4 is 4.90 Å². The molecule has 104 valence electrons. The highest BCUT2D eigenvalue weighted by atomic mass is 35.5. The molecule has 0 aromatic heterocycles. The third-order valence-electron chi connectivity index (χ3n) is 4.37. The number of rotatable bonds is 3. The summed E-state index contributed by atoms with van der Waals surface area (Å²) in [4.78, 5) is 13.1. The first-order valence-corrected chi connectivity index (χ1v) is 7.28. The quantitative estimate of drug-likeness (QED) is 0.756. The minimum Gasteiger partial charge on any atom is -0.372 e. The molecule has 0 bridgehead atoms. The summed E-state index contributed by atoms with van der Waals surface area (Å²) in [5.41, 5.74) is 2.14. The van der Waals surface area contributed by atoms with Crippen LogP contribution in [0.2, 0.25) is 5.02 Å². The summed E-state index contributed by atoms with van der Waals surface area (Å²) in [6, 6.07) is 6.25. The average Bonchev–Trinajstić information content (AvgIpc) is 2.38. The van der Waals surface area contributed by atoms with Crippen LogP contribution in [-0.4, -0.2) is 19.4 Å². The van der Waals surface area contributed by atoms with Crippen molar-refractivity contribution in [3.05, 3.63) is 28.8 Å². The minimum absolute atomic E-state index is 0.483. The molecule has 0 radical (unpaired) electrons. The van der Waals surface area contributed by atoms with Gasteiger partial charge < -0.3 is 4.90 Å². The molecule has 0 saturated heterocycles. The summed E-state index contributed by atoms with van der Waals surface area (Å²) in [5.74, 6) is 0. The molecule has 3 heteroatoms. The van der Waals surface area contributed by atoms with E-state index in [9.17, 15) is 4.79 Å². The number of nitrogens with zero attached hydrogens (tertiary/aromatic N) is 1. The van der Waals surface area contributed by atoms with Gasteiger partial charge in [-0.15, -0.1) is 0 Å². The van der Waals surface area contributed by atoms with Crippen LogP contribution >= 0.6 is 11.6 Å². The van der Waals surface area contributed by atoms with Crippen molar-refractivity contribution < 1.29 is 4.79 Å². The summed E-state index contributed by atoms with van der Waals surface area (Å²) in [5, 5.41) is 0.537. The maximum absolute atomic E-state index is 10.8. The van der Waals surface area contributed by atoms with Crippen molar-refractivity contribution in [1.29, 1.82) is 0 Å². The molecule has 0 atom stereocenters. The summed E-state index contributed by atoms with van der Waals surface area (Å²) in [7, 11) is 2.12. The monoisotopic (exact) mass is 279 g/mol. The summed E-state index contributed by atoms with van der Waals surface area (Å²) in [6.07, 6.45) is 5.77. The molecule has 19 heavy (non-hydrogen) atoms. The van der Waals surface area contributed by atoms with Crippen LogP contribution in [0.3, 0.4) is 0 Å². The summed E-state index contributed by atoms with van der Waals surface area (Å²) < 4.78 is 0. The Balaban J connectivity index is 2.10. The van der Waals surface area contributed by atoms with E-state index in [0.717, 1.165) is 12.0 Å². The minimum atomic E-state index is 0.483. The number of halogens is 1. The van der Waals surface area contributed by atoms with Gasteiger partial charge >= 0.3 is 0 Å². The zero-order valence-electron chi connectivity index (χ0n) is 11.9. The molecule has 2 rings (SSSR count). The van der Waals surface area contributed by atoms with Gasteiger partial charge in [0.05, 0.1) is 5.02 Å². The number of hydrogen-bond donors (Lipinski definition) is 0. The third kappa shape index (κ3) is 3.30. The van der Waals surface area contributed by atoms with Gasteiger partial charge in [0.25, 0.3) is 0 Å². The van der Waals surface area contributed by atoms with E-state index in [1.807, 2.05) is 12.1 Å². The highest BCUT2D eigenvalue weighted by Crippen LogP contribution is 2.38. The number of anilines is 1. The van der Waals surface area contributed by atoms with Crippen molar-refractivity contribution in [2.75, 3.05) is 11.9 Å². The van der Waals surface area contributed by atoms with Gasteiger partial charge in [-0.1, -0.05) is 25.4 Å². The molecular weight excluding hydrogens is 258 g/mol. The molecule has 0 amide bonds. The first-order valence-electron chi connectivity index (χ1n) is 6.90. The molecule has 0 heterocycles. The lowest BCUT2D eigenvalue weighted by Crippen LogP contribution is -2.37. The lowest BCUT2D eigenvalue weighted by molar-refractivity contribution is 0.112. The Morgan fingerprint density at radius 1 is 1.32 bits per heavy atom. The van der Waals surface area contributed by atoms with Crippen molar-refractivity contribution in [2.45, 2.75) is 45.6 Å². The van der Waals surface area contributed by atoms with Gasteiger partial charge in [0.2, 0.25) is 0 Å². The molecule has 0 spiro atoms. The standard InChI is InChI=1S/C16H22ClNO/c1-16(2)8-6-13(7-9-16)18(3)14-5-4-12(11-19)15(17)10-14/h4-5,10-11,13H,6-9H2,1-3H3. The Kier molecular flexibility index (Phi) is 4.19. The van der Waals surface area contributed by atoms with Gasteiger partial charge in [-0.3, -0.25) is 4.79 Å². The SMILES string of the molecule is CN(c1ccc(C=O)c(Cl)c1)C1CCC(C)(C)CC1. The number of carbonyl (C=O) groups excluding carboxylic acids is 1. The summed E-state index contributed by atoms with van der Waals surface area (Å²) in [6.45, 7) is 4.69.